The molecule has 0 bridgehead atoms. The van der Waals surface area contributed by atoms with Crippen LogP contribution in [0.15, 0.2) is 69.4 Å². The third kappa shape index (κ3) is 3.67. The molecule has 0 fully saturated rings. The van der Waals surface area contributed by atoms with Crippen molar-refractivity contribution in [1.82, 2.24) is 0 Å². The quantitative estimate of drug-likeness (QED) is 0.640. The zero-order valence-corrected chi connectivity index (χ0v) is 14.3. The van der Waals surface area contributed by atoms with Gasteiger partial charge >= 0.3 is 0 Å². The number of hydrogen-bond donors (Lipinski definition) is 0. The summed E-state index contributed by atoms with van der Waals surface area (Å²) in [5.41, 5.74) is 0.888. The minimum Gasteiger partial charge on any atom is -0.219 e. The molecule has 0 atom stereocenters. The molecule has 0 aromatic heterocycles. The van der Waals surface area contributed by atoms with Crippen molar-refractivity contribution in [3.8, 4) is 0 Å². The number of halogens is 2. The van der Waals surface area contributed by atoms with Crippen LogP contribution in [0.2, 0.25) is 0 Å². The van der Waals surface area contributed by atoms with Gasteiger partial charge in [0.15, 0.2) is 0 Å². The third-order valence-electron chi connectivity index (χ3n) is 2.45. The van der Waals surface area contributed by atoms with Gasteiger partial charge in [0.25, 0.3) is 0 Å². The Morgan fingerprint density at radius 2 is 1.58 bits per heavy atom. The molecule has 0 saturated carbocycles. The monoisotopic (exact) mass is 448 g/mol. The highest BCUT2D eigenvalue weighted by Crippen LogP contribution is 2.28. The molecule has 0 amide bonds. The second-order valence-corrected chi connectivity index (χ2v) is 7.59. The number of benzene rings is 2. The number of rotatable bonds is 3. The maximum Gasteiger partial charge on any atom is 0.201 e. The second kappa shape index (κ2) is 6.19. The van der Waals surface area contributed by atoms with Crippen molar-refractivity contribution in [2.75, 3.05) is 0 Å². The summed E-state index contributed by atoms with van der Waals surface area (Å²) in [7, 11) is -3.45. The molecule has 0 N–H and O–H groups in total. The Kier molecular flexibility index (Phi) is 4.81. The predicted octanol–water partition coefficient (Wildman–Crippen LogP) is 4.66. The SMILES string of the molecule is O=S(=O)(/C=C(/I)c1ccccc1)c1ccccc1Br. The van der Waals surface area contributed by atoms with Crippen molar-refractivity contribution in [3.05, 3.63) is 70.0 Å². The molecule has 98 valence electrons. The summed E-state index contributed by atoms with van der Waals surface area (Å²) in [4.78, 5) is 0.278. The highest BCUT2D eigenvalue weighted by Gasteiger charge is 2.15. The van der Waals surface area contributed by atoms with Gasteiger partial charge in [0.05, 0.1) is 4.90 Å². The average molecular weight is 449 g/mol. The minimum absolute atomic E-state index is 0.278. The zero-order valence-electron chi connectivity index (χ0n) is 9.75. The molecule has 2 aromatic carbocycles. The summed E-state index contributed by atoms with van der Waals surface area (Å²) in [5, 5.41) is 1.29. The van der Waals surface area contributed by atoms with E-state index in [-0.39, 0.29) is 4.90 Å². The van der Waals surface area contributed by atoms with Crippen LogP contribution in [0, 0.1) is 0 Å². The van der Waals surface area contributed by atoms with Crippen molar-refractivity contribution in [1.29, 1.82) is 0 Å². The van der Waals surface area contributed by atoms with E-state index in [4.69, 9.17) is 0 Å². The van der Waals surface area contributed by atoms with Gasteiger partial charge < -0.3 is 0 Å². The molecule has 0 unspecified atom stereocenters. The molecule has 2 aromatic rings. The molecule has 0 aliphatic heterocycles. The van der Waals surface area contributed by atoms with Gasteiger partial charge in [-0.05, 0) is 56.2 Å². The first-order chi connectivity index (χ1) is 9.00. The highest BCUT2D eigenvalue weighted by molar-refractivity contribution is 14.1. The van der Waals surface area contributed by atoms with Crippen LogP contribution in [-0.4, -0.2) is 8.42 Å². The van der Waals surface area contributed by atoms with Gasteiger partial charge in [-0.3, -0.25) is 0 Å². The summed E-state index contributed by atoms with van der Waals surface area (Å²) < 4.78 is 25.9. The maximum atomic E-state index is 12.3. The number of hydrogen-bond acceptors (Lipinski definition) is 2. The summed E-state index contributed by atoms with van der Waals surface area (Å²) in [6.07, 6.45) is 0. The molecular weight excluding hydrogens is 439 g/mol. The Hall–Kier alpha value is -0.660. The van der Waals surface area contributed by atoms with Crippen LogP contribution in [0.25, 0.3) is 3.58 Å². The first-order valence-corrected chi connectivity index (χ1v) is 8.85. The molecule has 0 spiro atoms. The van der Waals surface area contributed by atoms with E-state index in [2.05, 4.69) is 15.9 Å². The van der Waals surface area contributed by atoms with Crippen molar-refractivity contribution in [2.24, 2.45) is 0 Å². The predicted molar refractivity (Wildman–Crippen MR) is 89.8 cm³/mol. The Morgan fingerprint density at radius 3 is 2.21 bits per heavy atom. The van der Waals surface area contributed by atoms with Crippen LogP contribution >= 0.6 is 38.5 Å². The van der Waals surface area contributed by atoms with E-state index >= 15 is 0 Å². The van der Waals surface area contributed by atoms with Gasteiger partial charge in [-0.15, -0.1) is 0 Å². The normalized spacial score (nSPS) is 12.4. The van der Waals surface area contributed by atoms with E-state index in [0.717, 1.165) is 5.56 Å². The zero-order chi connectivity index (χ0) is 13.9. The van der Waals surface area contributed by atoms with Crippen LogP contribution in [0.4, 0.5) is 0 Å². The van der Waals surface area contributed by atoms with E-state index in [9.17, 15) is 8.42 Å². The summed E-state index contributed by atoms with van der Waals surface area (Å²) in [6, 6.07) is 16.2. The largest absolute Gasteiger partial charge is 0.219 e. The molecule has 0 aliphatic carbocycles. The van der Waals surface area contributed by atoms with Gasteiger partial charge in [0.2, 0.25) is 9.84 Å². The van der Waals surface area contributed by atoms with E-state index < -0.39 is 9.84 Å². The lowest BCUT2D eigenvalue weighted by Gasteiger charge is -2.04. The van der Waals surface area contributed by atoms with Gasteiger partial charge in [-0.2, -0.15) is 0 Å². The summed E-state index contributed by atoms with van der Waals surface area (Å²) >= 11 is 5.31. The van der Waals surface area contributed by atoms with Crippen molar-refractivity contribution >= 4 is 51.9 Å². The van der Waals surface area contributed by atoms with Crippen molar-refractivity contribution < 1.29 is 8.42 Å². The molecular formula is C14H10BrIO2S. The van der Waals surface area contributed by atoms with Crippen molar-refractivity contribution in [3.63, 3.8) is 0 Å². The van der Waals surface area contributed by atoms with Crippen LogP contribution in [0.1, 0.15) is 5.56 Å². The lowest BCUT2D eigenvalue weighted by molar-refractivity contribution is 0.604. The molecule has 19 heavy (non-hydrogen) atoms. The van der Waals surface area contributed by atoms with E-state index in [0.29, 0.717) is 8.05 Å². The van der Waals surface area contributed by atoms with Crippen LogP contribution < -0.4 is 0 Å². The Labute approximate surface area is 134 Å². The molecule has 0 heterocycles. The third-order valence-corrected chi connectivity index (χ3v) is 6.28. The summed E-state index contributed by atoms with van der Waals surface area (Å²) in [5.74, 6) is 0. The molecule has 5 heteroatoms. The van der Waals surface area contributed by atoms with E-state index in [1.54, 1.807) is 24.3 Å². The van der Waals surface area contributed by atoms with Crippen LogP contribution in [-0.2, 0) is 9.84 Å². The smallest absolute Gasteiger partial charge is 0.201 e. The van der Waals surface area contributed by atoms with E-state index in [1.807, 2.05) is 52.9 Å². The van der Waals surface area contributed by atoms with Gasteiger partial charge in [-0.25, -0.2) is 8.42 Å². The number of sulfone groups is 1. The fourth-order valence-corrected chi connectivity index (χ4v) is 5.01. The van der Waals surface area contributed by atoms with Crippen molar-refractivity contribution in [2.45, 2.75) is 4.90 Å². The molecule has 0 saturated heterocycles. The fourth-order valence-electron chi connectivity index (χ4n) is 1.54. The minimum atomic E-state index is -3.45. The van der Waals surface area contributed by atoms with Gasteiger partial charge in [0.1, 0.15) is 0 Å². The molecule has 2 nitrogen and oxygen atoms in total. The maximum absolute atomic E-state index is 12.3. The van der Waals surface area contributed by atoms with Crippen LogP contribution in [0.3, 0.4) is 0 Å². The molecule has 2 rings (SSSR count). The highest BCUT2D eigenvalue weighted by atomic mass is 127. The fraction of sp³-hybridized carbons (Fsp3) is 0. The lowest BCUT2D eigenvalue weighted by Crippen LogP contribution is -1.98. The Morgan fingerprint density at radius 1 is 1.00 bits per heavy atom. The molecule has 0 radical (unpaired) electrons. The van der Waals surface area contributed by atoms with Gasteiger partial charge in [-0.1, -0.05) is 42.5 Å². The van der Waals surface area contributed by atoms with Crippen LogP contribution in [0.5, 0.6) is 0 Å². The first kappa shape index (κ1) is 14.7. The Bertz CT molecular complexity index is 709. The average Bonchev–Trinajstić information content (AvgIpc) is 2.39. The van der Waals surface area contributed by atoms with E-state index in [1.165, 1.54) is 5.41 Å². The lowest BCUT2D eigenvalue weighted by atomic mass is 10.2. The standard InChI is InChI=1S/C14H10BrIO2S/c15-12-8-4-5-9-14(12)19(17,18)10-13(16)11-6-2-1-3-7-11/h1-10H/b13-10+. The topological polar surface area (TPSA) is 34.1 Å². The first-order valence-electron chi connectivity index (χ1n) is 5.43. The second-order valence-electron chi connectivity index (χ2n) is 3.81. The molecule has 0 aliphatic rings. The Balaban J connectivity index is 2.45. The summed E-state index contributed by atoms with van der Waals surface area (Å²) in [6.45, 7) is 0. The van der Waals surface area contributed by atoms with Gasteiger partial charge in [0, 0.05) is 13.5 Å².